The summed E-state index contributed by atoms with van der Waals surface area (Å²) >= 11 is 0. The van der Waals surface area contributed by atoms with Gasteiger partial charge in [-0.3, -0.25) is 9.59 Å². The summed E-state index contributed by atoms with van der Waals surface area (Å²) in [5.41, 5.74) is 0.948. The van der Waals surface area contributed by atoms with E-state index in [9.17, 15) is 18.4 Å². The Balaban J connectivity index is 1.94. The van der Waals surface area contributed by atoms with Gasteiger partial charge in [0.05, 0.1) is 5.69 Å². The van der Waals surface area contributed by atoms with Crippen LogP contribution in [0.4, 0.5) is 20.2 Å². The van der Waals surface area contributed by atoms with Crippen LogP contribution in [-0.4, -0.2) is 18.4 Å². The van der Waals surface area contributed by atoms with Gasteiger partial charge in [0.25, 0.3) is 0 Å². The summed E-state index contributed by atoms with van der Waals surface area (Å²) in [7, 11) is 0. The molecule has 0 saturated carbocycles. The van der Waals surface area contributed by atoms with Crippen molar-refractivity contribution in [2.45, 2.75) is 12.8 Å². The summed E-state index contributed by atoms with van der Waals surface area (Å²) in [5, 5.41) is 2.31. The first-order valence-electron chi connectivity index (χ1n) is 7.19. The molecule has 23 heavy (non-hydrogen) atoms. The molecule has 3 rings (SSSR count). The number of carbonyl (C=O) groups excluding carboxylic acids is 2. The Labute approximate surface area is 131 Å². The van der Waals surface area contributed by atoms with Gasteiger partial charge in [0.1, 0.15) is 17.6 Å². The Morgan fingerprint density at radius 2 is 1.96 bits per heavy atom. The van der Waals surface area contributed by atoms with Crippen molar-refractivity contribution in [2.75, 3.05) is 16.8 Å². The van der Waals surface area contributed by atoms with E-state index in [-0.39, 0.29) is 11.6 Å². The molecule has 2 aromatic rings. The van der Waals surface area contributed by atoms with Gasteiger partial charge in [-0.25, -0.2) is 8.78 Å². The first-order valence-corrected chi connectivity index (χ1v) is 7.19. The second-order valence-electron chi connectivity index (χ2n) is 5.19. The second-order valence-corrected chi connectivity index (χ2v) is 5.19. The minimum atomic E-state index is -1.06. The number of hydrogen-bond donors (Lipinski definition) is 1. The van der Waals surface area contributed by atoms with Gasteiger partial charge in [0.2, 0.25) is 11.8 Å². The summed E-state index contributed by atoms with van der Waals surface area (Å²) in [6, 6.07) is 9.72. The van der Waals surface area contributed by atoms with Crippen LogP contribution in [0.1, 0.15) is 18.4 Å². The van der Waals surface area contributed by atoms with Crippen LogP contribution in [0, 0.1) is 11.6 Å². The molecule has 1 atom stereocenters. The Hall–Kier alpha value is -2.76. The molecule has 6 heteroatoms. The fraction of sp³-hybridized carbons (Fsp3) is 0.176. The minimum Gasteiger partial charge on any atom is -0.323 e. The number of likely N-dealkylation sites (N-methyl/N-ethyl adjacent to an activating group) is 1. The van der Waals surface area contributed by atoms with E-state index in [1.807, 2.05) is 0 Å². The lowest BCUT2D eigenvalue weighted by atomic mass is 10.00. The monoisotopic (exact) mass is 316 g/mol. The molecular formula is C17H14F2N2O2. The van der Waals surface area contributed by atoms with Crippen molar-refractivity contribution in [2.24, 2.45) is 0 Å². The van der Waals surface area contributed by atoms with Crippen LogP contribution < -0.4 is 10.2 Å². The zero-order valence-corrected chi connectivity index (χ0v) is 12.3. The molecule has 0 saturated heterocycles. The summed E-state index contributed by atoms with van der Waals surface area (Å²) in [6.45, 7) is 2.23. The number of benzene rings is 2. The Morgan fingerprint density at radius 3 is 2.70 bits per heavy atom. The van der Waals surface area contributed by atoms with E-state index in [4.69, 9.17) is 0 Å². The number of carbonyl (C=O) groups is 2. The molecule has 4 nitrogen and oxygen atoms in total. The van der Waals surface area contributed by atoms with Crippen LogP contribution >= 0.6 is 0 Å². The summed E-state index contributed by atoms with van der Waals surface area (Å²) in [5.74, 6) is -3.54. The van der Waals surface area contributed by atoms with Crippen molar-refractivity contribution >= 4 is 23.2 Å². The third-order valence-corrected chi connectivity index (χ3v) is 3.82. The third kappa shape index (κ3) is 2.56. The van der Waals surface area contributed by atoms with Crippen molar-refractivity contribution in [3.8, 4) is 0 Å². The van der Waals surface area contributed by atoms with Crippen LogP contribution in [0.2, 0.25) is 0 Å². The van der Waals surface area contributed by atoms with Crippen molar-refractivity contribution in [3.63, 3.8) is 0 Å². The van der Waals surface area contributed by atoms with Gasteiger partial charge >= 0.3 is 0 Å². The number of amides is 2. The molecule has 1 N–H and O–H groups in total. The average molecular weight is 316 g/mol. The second kappa shape index (κ2) is 5.79. The quantitative estimate of drug-likeness (QED) is 0.885. The lowest BCUT2D eigenvalue weighted by Crippen LogP contribution is -2.33. The van der Waals surface area contributed by atoms with Gasteiger partial charge in [-0.15, -0.1) is 0 Å². The fourth-order valence-corrected chi connectivity index (χ4v) is 2.76. The zero-order chi connectivity index (χ0) is 16.6. The maximum absolute atomic E-state index is 13.7. The number of rotatable bonds is 3. The standard InChI is InChI=1S/C17H14F2N2O2/c1-2-21-14-6-4-3-5-11(14)15(17(21)23)16(22)20-13-9-10(18)7-8-12(13)19/h3-9,15H,2H2,1H3,(H,20,22). The minimum absolute atomic E-state index is 0.282. The SMILES string of the molecule is CCN1C(=O)C(C(=O)Nc2cc(F)ccc2F)c2ccccc21. The number of anilines is 2. The van der Waals surface area contributed by atoms with Crippen molar-refractivity contribution in [3.05, 3.63) is 59.7 Å². The number of nitrogens with one attached hydrogen (secondary N) is 1. The van der Waals surface area contributed by atoms with E-state index < -0.39 is 23.5 Å². The predicted molar refractivity (Wildman–Crippen MR) is 82.2 cm³/mol. The predicted octanol–water partition coefficient (Wildman–Crippen LogP) is 3.05. The summed E-state index contributed by atoms with van der Waals surface area (Å²) < 4.78 is 26.9. The first kappa shape index (κ1) is 15.1. The highest BCUT2D eigenvalue weighted by atomic mass is 19.1. The van der Waals surface area contributed by atoms with Gasteiger partial charge in [0, 0.05) is 18.3 Å². The zero-order valence-electron chi connectivity index (χ0n) is 12.3. The van der Waals surface area contributed by atoms with Gasteiger partial charge in [-0.05, 0) is 30.7 Å². The summed E-state index contributed by atoms with van der Waals surface area (Å²) in [4.78, 5) is 26.4. The van der Waals surface area contributed by atoms with E-state index in [1.54, 1.807) is 31.2 Å². The number of halogens is 2. The molecule has 0 aromatic heterocycles. The van der Waals surface area contributed by atoms with Crippen molar-refractivity contribution in [1.82, 2.24) is 0 Å². The number of hydrogen-bond acceptors (Lipinski definition) is 2. The van der Waals surface area contributed by atoms with E-state index in [0.717, 1.165) is 18.2 Å². The van der Waals surface area contributed by atoms with Crippen LogP contribution in [0.3, 0.4) is 0 Å². The number of nitrogens with zero attached hydrogens (tertiary/aromatic N) is 1. The molecule has 0 aliphatic carbocycles. The van der Waals surface area contributed by atoms with Crippen LogP contribution in [0.5, 0.6) is 0 Å². The Kier molecular flexibility index (Phi) is 3.82. The maximum Gasteiger partial charge on any atom is 0.244 e. The van der Waals surface area contributed by atoms with Crippen LogP contribution in [-0.2, 0) is 9.59 Å². The first-order chi connectivity index (χ1) is 11.0. The topological polar surface area (TPSA) is 49.4 Å². The van der Waals surface area contributed by atoms with E-state index >= 15 is 0 Å². The number of fused-ring (bicyclic) bond motifs is 1. The van der Waals surface area contributed by atoms with Gasteiger partial charge in [0.15, 0.2) is 0 Å². The summed E-state index contributed by atoms with van der Waals surface area (Å²) in [6.07, 6.45) is 0. The molecule has 1 heterocycles. The van der Waals surface area contributed by atoms with Crippen LogP contribution in [0.25, 0.3) is 0 Å². The average Bonchev–Trinajstić information content (AvgIpc) is 2.82. The molecule has 1 aliphatic rings. The van der Waals surface area contributed by atoms with E-state index in [2.05, 4.69) is 5.32 Å². The molecule has 0 fully saturated rings. The molecule has 2 aromatic carbocycles. The molecule has 1 aliphatic heterocycles. The highest BCUT2D eigenvalue weighted by Gasteiger charge is 2.41. The molecule has 2 amide bonds. The molecule has 0 spiro atoms. The molecule has 0 bridgehead atoms. The van der Waals surface area contributed by atoms with Crippen molar-refractivity contribution < 1.29 is 18.4 Å². The fourth-order valence-electron chi connectivity index (χ4n) is 2.76. The molecule has 1 unspecified atom stereocenters. The van der Waals surface area contributed by atoms with Crippen LogP contribution in [0.15, 0.2) is 42.5 Å². The normalized spacial score (nSPS) is 16.4. The third-order valence-electron chi connectivity index (χ3n) is 3.82. The maximum atomic E-state index is 13.7. The number of para-hydroxylation sites is 1. The Morgan fingerprint density at radius 1 is 1.22 bits per heavy atom. The highest BCUT2D eigenvalue weighted by molar-refractivity contribution is 6.20. The largest absolute Gasteiger partial charge is 0.323 e. The van der Waals surface area contributed by atoms with Gasteiger partial charge in [-0.1, -0.05) is 18.2 Å². The van der Waals surface area contributed by atoms with Crippen molar-refractivity contribution in [1.29, 1.82) is 0 Å². The molecule has 0 radical (unpaired) electrons. The van der Waals surface area contributed by atoms with E-state index in [1.165, 1.54) is 4.90 Å². The highest BCUT2D eigenvalue weighted by Crippen LogP contribution is 2.37. The molecule has 118 valence electrons. The molecular weight excluding hydrogens is 302 g/mol. The Bertz CT molecular complexity index is 792. The van der Waals surface area contributed by atoms with Gasteiger partial charge < -0.3 is 10.2 Å². The van der Waals surface area contributed by atoms with Gasteiger partial charge in [-0.2, -0.15) is 0 Å². The lowest BCUT2D eigenvalue weighted by molar-refractivity contribution is -0.126. The lowest BCUT2D eigenvalue weighted by Gasteiger charge is -2.15. The smallest absolute Gasteiger partial charge is 0.244 e. The van der Waals surface area contributed by atoms with E-state index in [0.29, 0.717) is 17.8 Å².